The van der Waals surface area contributed by atoms with Gasteiger partial charge in [0.1, 0.15) is 18.0 Å². The number of anilines is 3. The van der Waals surface area contributed by atoms with Gasteiger partial charge in [0.25, 0.3) is 0 Å². The number of rotatable bonds is 3. The van der Waals surface area contributed by atoms with Crippen LogP contribution in [-0.2, 0) is 6.42 Å². The number of hydrogen-bond acceptors (Lipinski definition) is 6. The zero-order valence-electron chi connectivity index (χ0n) is 16.1. The smallest absolute Gasteiger partial charge is 0.165 e. The minimum atomic E-state index is -0.478. The minimum Gasteiger partial charge on any atom is -0.383 e. The predicted molar refractivity (Wildman–Crippen MR) is 114 cm³/mol. The topological polar surface area (TPSA) is 94.0 Å². The summed E-state index contributed by atoms with van der Waals surface area (Å²) in [4.78, 5) is 15.1. The molecule has 29 heavy (non-hydrogen) atoms. The van der Waals surface area contributed by atoms with Crippen LogP contribution in [0.1, 0.15) is 30.4 Å². The summed E-state index contributed by atoms with van der Waals surface area (Å²) in [6.45, 7) is 0.966. The van der Waals surface area contributed by atoms with Gasteiger partial charge in [-0.2, -0.15) is 0 Å². The summed E-state index contributed by atoms with van der Waals surface area (Å²) in [5.41, 5.74) is 14.5. The summed E-state index contributed by atoms with van der Waals surface area (Å²) in [5.74, 6) is 1.60. The van der Waals surface area contributed by atoms with Gasteiger partial charge in [-0.25, -0.2) is 19.3 Å². The quantitative estimate of drug-likeness (QED) is 0.710. The molecule has 2 aromatic heterocycles. The van der Waals surface area contributed by atoms with Crippen LogP contribution in [0, 0.1) is 11.7 Å². The second kappa shape index (κ2) is 6.99. The van der Waals surface area contributed by atoms with Gasteiger partial charge in [0.15, 0.2) is 11.6 Å². The Bertz CT molecular complexity index is 1110. The average molecular weight is 390 g/mol. The third-order valence-corrected chi connectivity index (χ3v) is 6.10. The van der Waals surface area contributed by atoms with Crippen LogP contribution in [-0.4, -0.2) is 27.5 Å². The van der Waals surface area contributed by atoms with Crippen molar-refractivity contribution in [2.24, 2.45) is 5.92 Å². The SMILES string of the molecule is Nc1nc2cc(/C=C/C3CCC(N4CCc5c(N)ncnc54)C3)ccc2cc1F. The molecule has 1 fully saturated rings. The van der Waals surface area contributed by atoms with E-state index in [1.165, 1.54) is 6.07 Å². The number of fused-ring (bicyclic) bond motifs is 2. The highest BCUT2D eigenvalue weighted by Gasteiger charge is 2.33. The van der Waals surface area contributed by atoms with Crippen LogP contribution in [0.25, 0.3) is 17.0 Å². The summed E-state index contributed by atoms with van der Waals surface area (Å²) in [5, 5.41) is 0.753. The maximum atomic E-state index is 13.6. The normalized spacial score (nSPS) is 21.3. The number of aromatic nitrogens is 3. The van der Waals surface area contributed by atoms with Gasteiger partial charge in [0.05, 0.1) is 5.52 Å². The lowest BCUT2D eigenvalue weighted by Crippen LogP contribution is -2.32. The van der Waals surface area contributed by atoms with Crippen LogP contribution in [0.15, 0.2) is 36.7 Å². The highest BCUT2D eigenvalue weighted by atomic mass is 19.1. The molecular formula is C22H23FN6. The number of pyridine rings is 1. The fourth-order valence-corrected chi connectivity index (χ4v) is 4.57. The molecule has 0 bridgehead atoms. The number of halogens is 1. The van der Waals surface area contributed by atoms with Gasteiger partial charge < -0.3 is 16.4 Å². The standard InChI is InChI=1S/C22H23FN6/c23-18-11-15-5-3-14(10-19(15)28-21(18)25)2-1-13-4-6-16(9-13)29-8-7-17-20(24)26-12-27-22(17)29/h1-3,5,10-13,16H,4,6-9H2,(H2,25,28)(H2,24,26,27)/b2-1+. The van der Waals surface area contributed by atoms with Gasteiger partial charge in [-0.15, -0.1) is 0 Å². The molecule has 0 amide bonds. The maximum absolute atomic E-state index is 13.6. The van der Waals surface area contributed by atoms with Crippen LogP contribution in [0.3, 0.4) is 0 Å². The van der Waals surface area contributed by atoms with E-state index in [0.29, 0.717) is 23.3 Å². The third kappa shape index (κ3) is 3.26. The molecule has 2 aliphatic rings. The molecule has 3 heterocycles. The van der Waals surface area contributed by atoms with E-state index in [0.717, 1.165) is 54.6 Å². The Labute approximate surface area is 168 Å². The van der Waals surface area contributed by atoms with E-state index in [4.69, 9.17) is 11.5 Å². The molecule has 0 radical (unpaired) electrons. The highest BCUT2D eigenvalue weighted by molar-refractivity contribution is 5.82. The van der Waals surface area contributed by atoms with E-state index in [9.17, 15) is 4.39 Å². The number of hydrogen-bond donors (Lipinski definition) is 2. The van der Waals surface area contributed by atoms with Crippen molar-refractivity contribution >= 4 is 34.4 Å². The largest absolute Gasteiger partial charge is 0.383 e. The Balaban J connectivity index is 1.29. The lowest BCUT2D eigenvalue weighted by molar-refractivity contribution is 0.599. The van der Waals surface area contributed by atoms with Gasteiger partial charge in [-0.1, -0.05) is 24.3 Å². The van der Waals surface area contributed by atoms with Crippen molar-refractivity contribution in [3.8, 4) is 0 Å². The Morgan fingerprint density at radius 3 is 2.90 bits per heavy atom. The van der Waals surface area contributed by atoms with Gasteiger partial charge in [-0.3, -0.25) is 0 Å². The Hall–Kier alpha value is -3.22. The van der Waals surface area contributed by atoms with E-state index < -0.39 is 5.82 Å². The summed E-state index contributed by atoms with van der Waals surface area (Å²) in [6, 6.07) is 7.73. The Morgan fingerprint density at radius 2 is 2.00 bits per heavy atom. The van der Waals surface area contributed by atoms with Crippen molar-refractivity contribution in [2.45, 2.75) is 31.7 Å². The second-order valence-corrected chi connectivity index (χ2v) is 7.90. The van der Waals surface area contributed by atoms with E-state index >= 15 is 0 Å². The number of nitrogen functional groups attached to an aromatic ring is 2. The lowest BCUT2D eigenvalue weighted by atomic mass is 10.0. The van der Waals surface area contributed by atoms with Crippen LogP contribution < -0.4 is 16.4 Å². The van der Waals surface area contributed by atoms with Crippen molar-refractivity contribution in [2.75, 3.05) is 22.9 Å². The van der Waals surface area contributed by atoms with E-state index in [1.54, 1.807) is 6.33 Å². The zero-order valence-corrected chi connectivity index (χ0v) is 16.1. The molecular weight excluding hydrogens is 367 g/mol. The Kier molecular flexibility index (Phi) is 4.30. The first-order chi connectivity index (χ1) is 14.1. The van der Waals surface area contributed by atoms with Crippen molar-refractivity contribution in [3.05, 3.63) is 53.6 Å². The molecule has 2 unspecified atom stereocenters. The van der Waals surface area contributed by atoms with E-state index in [-0.39, 0.29) is 5.82 Å². The van der Waals surface area contributed by atoms with E-state index in [2.05, 4.69) is 32.0 Å². The molecule has 4 N–H and O–H groups in total. The van der Waals surface area contributed by atoms with Crippen molar-refractivity contribution < 1.29 is 4.39 Å². The summed E-state index contributed by atoms with van der Waals surface area (Å²) in [6.07, 6.45) is 10.3. The third-order valence-electron chi connectivity index (χ3n) is 6.10. The number of nitrogens with zero attached hydrogens (tertiary/aromatic N) is 4. The molecule has 0 saturated heterocycles. The van der Waals surface area contributed by atoms with Gasteiger partial charge in [0.2, 0.25) is 0 Å². The zero-order chi connectivity index (χ0) is 20.0. The first-order valence-electron chi connectivity index (χ1n) is 9.98. The molecule has 0 spiro atoms. The molecule has 5 rings (SSSR count). The van der Waals surface area contributed by atoms with Crippen LogP contribution >= 0.6 is 0 Å². The summed E-state index contributed by atoms with van der Waals surface area (Å²) >= 11 is 0. The van der Waals surface area contributed by atoms with Crippen LogP contribution in [0.5, 0.6) is 0 Å². The van der Waals surface area contributed by atoms with Crippen molar-refractivity contribution in [1.82, 2.24) is 15.0 Å². The molecule has 1 aliphatic heterocycles. The number of nitrogens with two attached hydrogens (primary N) is 2. The van der Waals surface area contributed by atoms with Crippen molar-refractivity contribution in [3.63, 3.8) is 0 Å². The Morgan fingerprint density at radius 1 is 1.10 bits per heavy atom. The van der Waals surface area contributed by atoms with Crippen LogP contribution in [0.2, 0.25) is 0 Å². The highest BCUT2D eigenvalue weighted by Crippen LogP contribution is 2.37. The maximum Gasteiger partial charge on any atom is 0.165 e. The average Bonchev–Trinajstić information content (AvgIpc) is 3.35. The summed E-state index contributed by atoms with van der Waals surface area (Å²) in [7, 11) is 0. The summed E-state index contributed by atoms with van der Waals surface area (Å²) < 4.78 is 13.6. The van der Waals surface area contributed by atoms with Gasteiger partial charge >= 0.3 is 0 Å². The molecule has 1 saturated carbocycles. The van der Waals surface area contributed by atoms with Gasteiger partial charge in [-0.05, 0) is 49.3 Å². The molecule has 7 heteroatoms. The first-order valence-corrected chi connectivity index (χ1v) is 9.98. The lowest BCUT2D eigenvalue weighted by Gasteiger charge is -2.25. The molecule has 1 aromatic carbocycles. The number of allylic oxidation sites excluding steroid dienone is 1. The van der Waals surface area contributed by atoms with Gasteiger partial charge in [0, 0.05) is 23.5 Å². The van der Waals surface area contributed by atoms with Crippen LogP contribution in [0.4, 0.5) is 21.8 Å². The van der Waals surface area contributed by atoms with Crippen molar-refractivity contribution in [1.29, 1.82) is 0 Å². The second-order valence-electron chi connectivity index (χ2n) is 7.90. The fourth-order valence-electron chi connectivity index (χ4n) is 4.57. The number of benzene rings is 1. The first kappa shape index (κ1) is 17.8. The molecule has 1 aliphatic carbocycles. The minimum absolute atomic E-state index is 0.0624. The molecule has 2 atom stereocenters. The van der Waals surface area contributed by atoms with E-state index in [1.807, 2.05) is 18.2 Å². The molecule has 6 nitrogen and oxygen atoms in total. The molecule has 148 valence electrons. The fraction of sp³-hybridized carbons (Fsp3) is 0.318. The monoisotopic (exact) mass is 390 g/mol. The molecule has 3 aromatic rings. The predicted octanol–water partition coefficient (Wildman–Crippen LogP) is 3.57.